The average Bonchev–Trinajstić information content (AvgIpc) is 3.13. The van der Waals surface area contributed by atoms with Gasteiger partial charge < -0.3 is 20.5 Å². The van der Waals surface area contributed by atoms with Crippen LogP contribution in [0.25, 0.3) is 11.1 Å². The molecule has 2 atom stereocenters. The molecule has 0 radical (unpaired) electrons. The first-order chi connectivity index (χ1) is 13.8. The van der Waals surface area contributed by atoms with Crippen molar-refractivity contribution in [3.05, 3.63) is 23.5 Å². The van der Waals surface area contributed by atoms with E-state index in [9.17, 15) is 18.3 Å². The Hall–Kier alpha value is -2.33. The van der Waals surface area contributed by atoms with Crippen molar-refractivity contribution < 1.29 is 23.0 Å². The number of ether oxygens (including phenoxy) is 1. The van der Waals surface area contributed by atoms with E-state index in [2.05, 4.69) is 25.6 Å². The lowest BCUT2D eigenvalue weighted by atomic mass is 10.1. The maximum atomic E-state index is 12.6. The number of nitrogens with one attached hydrogen (secondary N) is 2. The van der Waals surface area contributed by atoms with Gasteiger partial charge in [0.2, 0.25) is 11.8 Å². The Balaban J connectivity index is 1.93. The van der Waals surface area contributed by atoms with Crippen LogP contribution in [-0.2, 0) is 0 Å². The number of aliphatic hydroxyl groups is 1. The molecule has 0 aliphatic heterocycles. The molecule has 1 saturated carbocycles. The summed E-state index contributed by atoms with van der Waals surface area (Å²) in [4.78, 5) is 12.3. The van der Waals surface area contributed by atoms with Gasteiger partial charge in [0.1, 0.15) is 17.5 Å². The summed E-state index contributed by atoms with van der Waals surface area (Å²) in [6.45, 7) is -1.18. The second kappa shape index (κ2) is 9.00. The fraction of sp³-hybridized carbons (Fsp3) is 0.500. The van der Waals surface area contributed by atoms with Gasteiger partial charge in [0.25, 0.3) is 0 Å². The molecule has 29 heavy (non-hydrogen) atoms. The quantitative estimate of drug-likeness (QED) is 0.575. The monoisotopic (exact) mass is 431 g/mol. The van der Waals surface area contributed by atoms with Crippen LogP contribution < -0.4 is 15.4 Å². The van der Waals surface area contributed by atoms with Gasteiger partial charge in [-0.15, -0.1) is 0 Å². The van der Waals surface area contributed by atoms with E-state index in [0.29, 0.717) is 22.8 Å². The molecule has 11 heteroatoms. The van der Waals surface area contributed by atoms with Crippen molar-refractivity contribution in [1.82, 2.24) is 15.0 Å². The molecule has 0 aromatic carbocycles. The van der Waals surface area contributed by atoms with E-state index in [0.717, 1.165) is 19.3 Å². The minimum atomic E-state index is -4.41. The van der Waals surface area contributed by atoms with Crippen LogP contribution in [0, 0.1) is 5.92 Å². The molecule has 2 aromatic rings. The fourth-order valence-corrected chi connectivity index (χ4v) is 3.54. The Morgan fingerprint density at radius 3 is 2.66 bits per heavy atom. The molecule has 2 heterocycles. The molecule has 1 fully saturated rings. The highest BCUT2D eigenvalue weighted by Gasteiger charge is 2.29. The van der Waals surface area contributed by atoms with Crippen molar-refractivity contribution in [2.75, 3.05) is 30.9 Å². The topological polar surface area (TPSA) is 92.2 Å². The van der Waals surface area contributed by atoms with E-state index < -0.39 is 12.7 Å². The summed E-state index contributed by atoms with van der Waals surface area (Å²) in [6, 6.07) is 3.37. The number of hydrogen-bond donors (Lipinski definition) is 3. The van der Waals surface area contributed by atoms with Gasteiger partial charge in [-0.25, -0.2) is 9.97 Å². The summed E-state index contributed by atoms with van der Waals surface area (Å²) in [5.41, 5.74) is 1.03. The van der Waals surface area contributed by atoms with Gasteiger partial charge in [-0.05, 0) is 31.2 Å². The van der Waals surface area contributed by atoms with Crippen molar-refractivity contribution in [1.29, 1.82) is 0 Å². The van der Waals surface area contributed by atoms with Crippen LogP contribution in [0.15, 0.2) is 18.3 Å². The molecule has 0 bridgehead atoms. The summed E-state index contributed by atoms with van der Waals surface area (Å²) in [5.74, 6) is 0.672. The maximum absolute atomic E-state index is 12.6. The van der Waals surface area contributed by atoms with Crippen LogP contribution in [0.4, 0.5) is 24.9 Å². The number of alkyl halides is 3. The summed E-state index contributed by atoms with van der Waals surface area (Å²) in [5, 5.41) is 14.8. The predicted molar refractivity (Wildman–Crippen MR) is 103 cm³/mol. The van der Waals surface area contributed by atoms with E-state index >= 15 is 0 Å². The molecule has 0 amide bonds. The number of halogens is 4. The van der Waals surface area contributed by atoms with Crippen LogP contribution in [0.2, 0.25) is 5.15 Å². The lowest BCUT2D eigenvalue weighted by Crippen LogP contribution is -2.23. The van der Waals surface area contributed by atoms with Crippen molar-refractivity contribution in [2.45, 2.75) is 31.5 Å². The largest absolute Gasteiger partial charge is 0.481 e. The molecular weight excluding hydrogens is 411 g/mol. The molecule has 1 aliphatic carbocycles. The fourth-order valence-electron chi connectivity index (χ4n) is 3.27. The third-order valence-electron chi connectivity index (χ3n) is 4.69. The third-order valence-corrected chi connectivity index (χ3v) is 4.96. The van der Waals surface area contributed by atoms with E-state index in [1.165, 1.54) is 13.3 Å². The summed E-state index contributed by atoms with van der Waals surface area (Å²) < 4.78 is 42.7. The molecule has 2 aromatic heterocycles. The number of nitrogens with zero attached hydrogens (tertiary/aromatic N) is 3. The van der Waals surface area contributed by atoms with Gasteiger partial charge in [0, 0.05) is 30.5 Å². The molecule has 3 rings (SSSR count). The Kier molecular flexibility index (Phi) is 6.63. The van der Waals surface area contributed by atoms with E-state index in [4.69, 9.17) is 16.3 Å². The third kappa shape index (κ3) is 5.60. The minimum Gasteiger partial charge on any atom is -0.481 e. The normalized spacial score (nSPS) is 19.2. The number of pyridine rings is 1. The number of rotatable bonds is 7. The number of anilines is 2. The van der Waals surface area contributed by atoms with Gasteiger partial charge in [0.15, 0.2) is 0 Å². The van der Waals surface area contributed by atoms with E-state index in [1.54, 1.807) is 12.1 Å². The zero-order valence-corrected chi connectivity index (χ0v) is 16.4. The number of aliphatic hydroxyl groups excluding tert-OH is 1. The van der Waals surface area contributed by atoms with Crippen molar-refractivity contribution >= 4 is 23.4 Å². The zero-order valence-electron chi connectivity index (χ0n) is 15.6. The Bertz CT molecular complexity index is 835. The van der Waals surface area contributed by atoms with E-state index in [-0.39, 0.29) is 29.7 Å². The van der Waals surface area contributed by atoms with Gasteiger partial charge in [0.05, 0.1) is 12.7 Å². The summed E-state index contributed by atoms with van der Waals surface area (Å²) in [6.07, 6.45) is -0.502. The van der Waals surface area contributed by atoms with Gasteiger partial charge in [-0.1, -0.05) is 11.6 Å². The summed E-state index contributed by atoms with van der Waals surface area (Å²) >= 11 is 6.32. The van der Waals surface area contributed by atoms with Gasteiger partial charge in [-0.2, -0.15) is 18.2 Å². The van der Waals surface area contributed by atoms with Gasteiger partial charge >= 0.3 is 6.18 Å². The number of methoxy groups -OCH3 is 1. The van der Waals surface area contributed by atoms with E-state index in [1.807, 2.05) is 0 Å². The Morgan fingerprint density at radius 2 is 2.07 bits per heavy atom. The molecule has 0 saturated heterocycles. The number of aromatic nitrogens is 3. The van der Waals surface area contributed by atoms with Crippen LogP contribution in [-0.4, -0.2) is 52.5 Å². The van der Waals surface area contributed by atoms with Crippen molar-refractivity contribution in [3.8, 4) is 17.0 Å². The zero-order chi connectivity index (χ0) is 21.0. The lowest BCUT2D eigenvalue weighted by molar-refractivity contribution is -0.115. The second-order valence-electron chi connectivity index (χ2n) is 6.82. The average molecular weight is 432 g/mol. The highest BCUT2D eigenvalue weighted by molar-refractivity contribution is 6.32. The van der Waals surface area contributed by atoms with Crippen LogP contribution in [0.1, 0.15) is 19.3 Å². The molecule has 158 valence electrons. The number of hydrogen-bond acceptors (Lipinski definition) is 7. The van der Waals surface area contributed by atoms with Crippen molar-refractivity contribution in [2.24, 2.45) is 5.92 Å². The smallest absolute Gasteiger partial charge is 0.405 e. The first kappa shape index (κ1) is 21.4. The van der Waals surface area contributed by atoms with Gasteiger partial charge in [-0.3, -0.25) is 0 Å². The highest BCUT2D eigenvalue weighted by Crippen LogP contribution is 2.36. The predicted octanol–water partition coefficient (Wildman–Crippen LogP) is 3.75. The first-order valence-corrected chi connectivity index (χ1v) is 9.43. The minimum absolute atomic E-state index is 0.00385. The van der Waals surface area contributed by atoms with Crippen molar-refractivity contribution in [3.63, 3.8) is 0 Å². The van der Waals surface area contributed by atoms with Crippen LogP contribution in [0.3, 0.4) is 0 Å². The summed E-state index contributed by atoms with van der Waals surface area (Å²) in [7, 11) is 1.49. The first-order valence-electron chi connectivity index (χ1n) is 9.05. The standard InChI is InChI=1S/C18H21ClF3N5O2/c1-29-13-5-3-11(7-23-13)14-15(19)26-17(24-9-18(20,21)22)27-16(14)25-12-4-2-10(6-12)8-28/h3,5,7,10,12,28H,2,4,6,8-9H2,1H3,(H2,24,25,26,27). The molecule has 2 unspecified atom stereocenters. The molecule has 3 N–H and O–H groups in total. The van der Waals surface area contributed by atoms with Crippen LogP contribution in [0.5, 0.6) is 5.88 Å². The maximum Gasteiger partial charge on any atom is 0.405 e. The van der Waals surface area contributed by atoms with Crippen LogP contribution >= 0.6 is 11.6 Å². The Labute approximate surface area is 170 Å². The second-order valence-corrected chi connectivity index (χ2v) is 7.18. The molecule has 0 spiro atoms. The SMILES string of the molecule is COc1ccc(-c2c(Cl)nc(NCC(F)(F)F)nc2NC2CCC(CO)C2)cn1. The molecular formula is C18H21ClF3N5O2. The lowest BCUT2D eigenvalue weighted by Gasteiger charge is -2.19. The Morgan fingerprint density at radius 1 is 1.28 bits per heavy atom. The highest BCUT2D eigenvalue weighted by atomic mass is 35.5. The molecule has 1 aliphatic rings. The molecule has 7 nitrogen and oxygen atoms in total.